The van der Waals surface area contributed by atoms with Crippen LogP contribution in [0.3, 0.4) is 0 Å². The Morgan fingerprint density at radius 3 is 2.60 bits per heavy atom. The van der Waals surface area contributed by atoms with Gasteiger partial charge in [-0.15, -0.1) is 11.3 Å². The van der Waals surface area contributed by atoms with E-state index in [2.05, 4.69) is 15.7 Å². The van der Waals surface area contributed by atoms with Crippen molar-refractivity contribution < 1.29 is 22.7 Å². The monoisotopic (exact) mass is 446 g/mol. The zero-order valence-corrected chi connectivity index (χ0v) is 17.5. The number of hydrogen-bond donors (Lipinski definition) is 2. The first kappa shape index (κ1) is 20.1. The Balaban J connectivity index is 1.60. The molecule has 0 unspecified atom stereocenters. The van der Waals surface area contributed by atoms with E-state index in [9.17, 15) is 18.0 Å². The molecule has 0 saturated carbocycles. The van der Waals surface area contributed by atoms with E-state index in [-0.39, 0.29) is 23.9 Å². The molecule has 2 amide bonds. The third-order valence-corrected chi connectivity index (χ3v) is 6.86. The molecule has 0 aliphatic carbocycles. The second kappa shape index (κ2) is 7.92. The van der Waals surface area contributed by atoms with E-state index in [4.69, 9.17) is 4.74 Å². The van der Waals surface area contributed by atoms with Crippen LogP contribution in [-0.2, 0) is 37.5 Å². The predicted molar refractivity (Wildman–Crippen MR) is 111 cm³/mol. The molecule has 1 aromatic carbocycles. The fraction of sp³-hybridized carbons (Fsp3) is 0.211. The van der Waals surface area contributed by atoms with Gasteiger partial charge in [-0.1, -0.05) is 6.07 Å². The van der Waals surface area contributed by atoms with Gasteiger partial charge in [0.25, 0.3) is 0 Å². The number of rotatable bonds is 5. The maximum atomic E-state index is 12.5. The van der Waals surface area contributed by atoms with Crippen molar-refractivity contribution in [3.8, 4) is 11.4 Å². The number of carbonyl (C=O) groups is 2. The summed E-state index contributed by atoms with van der Waals surface area (Å²) >= 11 is 1.46. The van der Waals surface area contributed by atoms with E-state index in [1.165, 1.54) is 16.0 Å². The summed E-state index contributed by atoms with van der Waals surface area (Å²) in [4.78, 5) is 25.6. The van der Waals surface area contributed by atoms with Crippen molar-refractivity contribution in [2.75, 3.05) is 12.4 Å². The van der Waals surface area contributed by atoms with Gasteiger partial charge in [0.05, 0.1) is 36.5 Å². The van der Waals surface area contributed by atoms with Gasteiger partial charge in [0.2, 0.25) is 0 Å². The number of benzene rings is 1. The van der Waals surface area contributed by atoms with Crippen LogP contribution in [0.1, 0.15) is 16.1 Å². The van der Waals surface area contributed by atoms with Crippen LogP contribution >= 0.6 is 11.3 Å². The summed E-state index contributed by atoms with van der Waals surface area (Å²) in [6.45, 7) is 0.230. The molecule has 0 fully saturated rings. The van der Waals surface area contributed by atoms with E-state index in [1.807, 2.05) is 17.5 Å². The van der Waals surface area contributed by atoms with Crippen molar-refractivity contribution in [2.24, 2.45) is 0 Å². The fourth-order valence-corrected chi connectivity index (χ4v) is 5.24. The molecular formula is C19H18N4O5S2. The van der Waals surface area contributed by atoms with Crippen LogP contribution in [0.25, 0.3) is 5.69 Å². The molecule has 0 radical (unpaired) electrons. The summed E-state index contributed by atoms with van der Waals surface area (Å²) in [5.74, 6) is -1.36. The second-order valence-electron chi connectivity index (χ2n) is 6.63. The van der Waals surface area contributed by atoms with Gasteiger partial charge in [-0.2, -0.15) is 5.10 Å². The number of fused-ring (bicyclic) bond motifs is 1. The Kier molecular flexibility index (Phi) is 5.31. The molecule has 3 aromatic rings. The van der Waals surface area contributed by atoms with Gasteiger partial charge in [-0.25, -0.2) is 13.1 Å². The Labute approximate surface area is 176 Å². The molecular weight excluding hydrogens is 428 g/mol. The highest BCUT2D eigenvalue weighted by molar-refractivity contribution is 7.90. The fourth-order valence-electron chi connectivity index (χ4n) is 3.11. The number of hydrogen-bond acceptors (Lipinski definition) is 7. The van der Waals surface area contributed by atoms with Crippen LogP contribution in [0.4, 0.5) is 5.82 Å². The lowest BCUT2D eigenvalue weighted by molar-refractivity contribution is -0.136. The van der Waals surface area contributed by atoms with E-state index < -0.39 is 21.7 Å². The normalized spacial score (nSPS) is 14.2. The number of anilines is 1. The second-order valence-corrected chi connectivity index (χ2v) is 9.73. The smallest absolute Gasteiger partial charge is 0.314 e. The van der Waals surface area contributed by atoms with Gasteiger partial charge in [0.1, 0.15) is 11.6 Å². The van der Waals surface area contributed by atoms with Gasteiger partial charge in [0, 0.05) is 10.4 Å². The van der Waals surface area contributed by atoms with Crippen molar-refractivity contribution in [2.45, 2.75) is 18.1 Å². The average molecular weight is 447 g/mol. The predicted octanol–water partition coefficient (Wildman–Crippen LogP) is 1.63. The lowest BCUT2D eigenvalue weighted by Gasteiger charge is -2.11. The average Bonchev–Trinajstić information content (AvgIpc) is 3.42. The Morgan fingerprint density at radius 1 is 1.17 bits per heavy atom. The molecule has 1 aliphatic rings. The van der Waals surface area contributed by atoms with Crippen LogP contribution in [-0.4, -0.2) is 37.1 Å². The SMILES string of the molecule is COc1ccc(-n2nc3c(c2NC(=O)C(=O)NCc2cccs2)CS(=O)(=O)C3)cc1. The molecule has 156 valence electrons. The lowest BCUT2D eigenvalue weighted by Crippen LogP contribution is -2.35. The van der Waals surface area contributed by atoms with Crippen LogP contribution in [0.2, 0.25) is 0 Å². The minimum absolute atomic E-state index is 0.174. The maximum absolute atomic E-state index is 12.5. The molecule has 0 bridgehead atoms. The molecule has 2 N–H and O–H groups in total. The summed E-state index contributed by atoms with van der Waals surface area (Å²) < 4.78 is 30.6. The molecule has 11 heteroatoms. The van der Waals surface area contributed by atoms with Crippen molar-refractivity contribution in [3.63, 3.8) is 0 Å². The van der Waals surface area contributed by atoms with Crippen LogP contribution in [0.5, 0.6) is 5.75 Å². The number of methoxy groups -OCH3 is 1. The van der Waals surface area contributed by atoms with Gasteiger partial charge >= 0.3 is 11.8 Å². The Hall–Kier alpha value is -3.18. The number of amides is 2. The number of ether oxygens (including phenoxy) is 1. The number of aromatic nitrogens is 2. The van der Waals surface area contributed by atoms with E-state index in [0.717, 1.165) is 4.88 Å². The highest BCUT2D eigenvalue weighted by Gasteiger charge is 2.33. The van der Waals surface area contributed by atoms with Gasteiger partial charge < -0.3 is 15.4 Å². The number of thiophene rings is 1. The van der Waals surface area contributed by atoms with Gasteiger partial charge in [0.15, 0.2) is 9.84 Å². The van der Waals surface area contributed by atoms with Crippen molar-refractivity contribution in [3.05, 3.63) is 57.9 Å². The first-order chi connectivity index (χ1) is 14.4. The van der Waals surface area contributed by atoms with E-state index >= 15 is 0 Å². The highest BCUT2D eigenvalue weighted by atomic mass is 32.2. The number of nitrogens with zero attached hydrogens (tertiary/aromatic N) is 2. The number of sulfone groups is 1. The molecule has 0 atom stereocenters. The molecule has 30 heavy (non-hydrogen) atoms. The summed E-state index contributed by atoms with van der Waals surface area (Å²) in [5, 5.41) is 11.3. The quantitative estimate of drug-likeness (QED) is 0.575. The summed E-state index contributed by atoms with van der Waals surface area (Å²) in [6, 6.07) is 10.6. The lowest BCUT2D eigenvalue weighted by atomic mass is 10.2. The number of carbonyl (C=O) groups excluding carboxylic acids is 2. The molecule has 9 nitrogen and oxygen atoms in total. The Bertz CT molecular complexity index is 1200. The minimum atomic E-state index is -3.34. The van der Waals surface area contributed by atoms with Gasteiger partial charge in [-0.3, -0.25) is 9.59 Å². The Morgan fingerprint density at radius 2 is 1.93 bits per heavy atom. The summed E-state index contributed by atoms with van der Waals surface area (Å²) in [5.41, 5.74) is 1.35. The van der Waals surface area contributed by atoms with E-state index in [1.54, 1.807) is 31.4 Å². The topological polar surface area (TPSA) is 119 Å². The molecule has 1 aliphatic heterocycles. The standard InChI is InChI=1S/C19H18N4O5S2/c1-28-13-6-4-12(5-7-13)23-17(15-10-30(26,27)11-16(15)22-23)21-19(25)18(24)20-9-14-3-2-8-29-14/h2-8H,9-11H2,1H3,(H,20,24)(H,21,25). The molecule has 3 heterocycles. The van der Waals surface area contributed by atoms with Crippen LogP contribution in [0.15, 0.2) is 41.8 Å². The summed E-state index contributed by atoms with van der Waals surface area (Å²) in [7, 11) is -1.79. The minimum Gasteiger partial charge on any atom is -0.497 e. The third kappa shape index (κ3) is 4.07. The highest BCUT2D eigenvalue weighted by Crippen LogP contribution is 2.33. The maximum Gasteiger partial charge on any atom is 0.314 e. The molecule has 0 spiro atoms. The van der Waals surface area contributed by atoms with Crippen LogP contribution in [0, 0.1) is 0 Å². The molecule has 4 rings (SSSR count). The third-order valence-electron chi connectivity index (χ3n) is 4.55. The number of nitrogens with one attached hydrogen (secondary N) is 2. The van der Waals surface area contributed by atoms with Gasteiger partial charge in [-0.05, 0) is 35.7 Å². The zero-order chi connectivity index (χ0) is 21.3. The first-order valence-electron chi connectivity index (χ1n) is 8.93. The molecule has 2 aromatic heterocycles. The van der Waals surface area contributed by atoms with Crippen molar-refractivity contribution in [1.29, 1.82) is 0 Å². The molecule has 0 saturated heterocycles. The van der Waals surface area contributed by atoms with Crippen LogP contribution < -0.4 is 15.4 Å². The first-order valence-corrected chi connectivity index (χ1v) is 11.6. The van der Waals surface area contributed by atoms with Crippen molar-refractivity contribution >= 4 is 38.8 Å². The summed E-state index contributed by atoms with van der Waals surface area (Å²) in [6.07, 6.45) is 0. The largest absolute Gasteiger partial charge is 0.497 e. The van der Waals surface area contributed by atoms with E-state index in [0.29, 0.717) is 22.7 Å². The zero-order valence-electron chi connectivity index (χ0n) is 15.9. The van der Waals surface area contributed by atoms with Crippen molar-refractivity contribution in [1.82, 2.24) is 15.1 Å².